The second-order valence-electron chi connectivity index (χ2n) is 2.83. The van der Waals surface area contributed by atoms with Gasteiger partial charge in [0.05, 0.1) is 10.6 Å². The van der Waals surface area contributed by atoms with Crippen molar-refractivity contribution >= 4 is 25.9 Å². The quantitative estimate of drug-likeness (QED) is 0.655. The van der Waals surface area contributed by atoms with Crippen LogP contribution in [0.4, 0.5) is 10.1 Å². The first kappa shape index (κ1) is 12.8. The molecule has 0 atom stereocenters. The second-order valence-corrected chi connectivity index (χ2v) is 5.69. The lowest BCUT2D eigenvalue weighted by Crippen LogP contribution is -2.22. The third-order valence-corrected chi connectivity index (χ3v) is 2.94. The molecule has 7 nitrogen and oxygen atoms in total. The molecule has 10 heteroatoms. The molecule has 0 aliphatic heterocycles. The molecule has 90 valence electrons. The number of nitrogens with two attached hydrogens (primary N) is 2. The highest BCUT2D eigenvalue weighted by Crippen LogP contribution is 2.18. The summed E-state index contributed by atoms with van der Waals surface area (Å²) < 4.78 is 57.7. The van der Waals surface area contributed by atoms with Gasteiger partial charge in [-0.1, -0.05) is 0 Å². The Hall–Kier alpha value is -1.23. The van der Waals surface area contributed by atoms with E-state index in [1.165, 1.54) is 0 Å². The van der Waals surface area contributed by atoms with Crippen LogP contribution >= 0.6 is 0 Å². The van der Waals surface area contributed by atoms with Crippen LogP contribution < -0.4 is 15.0 Å². The van der Waals surface area contributed by atoms with Crippen LogP contribution in [0.25, 0.3) is 0 Å². The highest BCUT2D eigenvalue weighted by Gasteiger charge is 2.13. The van der Waals surface area contributed by atoms with Gasteiger partial charge >= 0.3 is 0 Å². The highest BCUT2D eigenvalue weighted by molar-refractivity contribution is 7.90. The van der Waals surface area contributed by atoms with Crippen molar-refractivity contribution in [2.45, 2.75) is 4.90 Å². The Bertz CT molecular complexity index is 611. The van der Waals surface area contributed by atoms with E-state index in [2.05, 4.69) is 5.14 Å². The fourth-order valence-corrected chi connectivity index (χ4v) is 1.91. The molecule has 5 N–H and O–H groups in total. The largest absolute Gasteiger partial charge is 0.296 e. The SMILES string of the molecule is NS(=O)(=O)Nc1ccc(S(N)(=O)=O)cc1F. The fourth-order valence-electron chi connectivity index (χ4n) is 0.909. The molecule has 0 amide bonds. The minimum absolute atomic E-state index is 0.463. The van der Waals surface area contributed by atoms with Crippen LogP contribution in [0.5, 0.6) is 0 Å². The molecule has 0 aliphatic carbocycles. The number of primary sulfonamides is 1. The lowest BCUT2D eigenvalue weighted by atomic mass is 10.3. The Labute approximate surface area is 91.5 Å². The number of hydrogen-bond acceptors (Lipinski definition) is 4. The van der Waals surface area contributed by atoms with Crippen molar-refractivity contribution in [3.05, 3.63) is 24.0 Å². The van der Waals surface area contributed by atoms with Gasteiger partial charge in [0, 0.05) is 0 Å². The van der Waals surface area contributed by atoms with E-state index in [4.69, 9.17) is 5.14 Å². The molecule has 0 aromatic heterocycles. The minimum atomic E-state index is -4.12. The zero-order valence-electron chi connectivity index (χ0n) is 7.71. The van der Waals surface area contributed by atoms with E-state index in [9.17, 15) is 21.2 Å². The predicted octanol–water partition coefficient (Wildman–Crippen LogP) is -0.911. The molecule has 0 radical (unpaired) electrons. The lowest BCUT2D eigenvalue weighted by molar-refractivity contribution is 0.592. The number of nitrogens with one attached hydrogen (secondary N) is 1. The van der Waals surface area contributed by atoms with Gasteiger partial charge in [-0.05, 0) is 18.2 Å². The monoisotopic (exact) mass is 269 g/mol. The van der Waals surface area contributed by atoms with E-state index in [0.29, 0.717) is 6.07 Å². The van der Waals surface area contributed by atoms with Crippen molar-refractivity contribution in [2.24, 2.45) is 10.3 Å². The first-order chi connectivity index (χ1) is 7.09. The maximum atomic E-state index is 13.2. The summed E-state index contributed by atoms with van der Waals surface area (Å²) in [5.74, 6) is -1.10. The van der Waals surface area contributed by atoms with Crippen molar-refractivity contribution in [3.63, 3.8) is 0 Å². The molecule has 0 bridgehead atoms. The van der Waals surface area contributed by atoms with E-state index in [0.717, 1.165) is 12.1 Å². The van der Waals surface area contributed by atoms with Gasteiger partial charge in [0.2, 0.25) is 10.0 Å². The Kier molecular flexibility index (Phi) is 3.19. The summed E-state index contributed by atoms with van der Waals surface area (Å²) in [4.78, 5) is -0.468. The first-order valence-corrected chi connectivity index (χ1v) is 6.82. The number of halogens is 1. The van der Waals surface area contributed by atoms with Crippen LogP contribution in [0.1, 0.15) is 0 Å². The van der Waals surface area contributed by atoms with Crippen LogP contribution in [-0.4, -0.2) is 16.8 Å². The molecule has 0 unspecified atom stereocenters. The molecular weight excluding hydrogens is 261 g/mol. The topological polar surface area (TPSA) is 132 Å². The molecule has 0 spiro atoms. The summed E-state index contributed by atoms with van der Waals surface area (Å²) in [7, 11) is -8.15. The van der Waals surface area contributed by atoms with Gasteiger partial charge in [0.15, 0.2) is 0 Å². The molecule has 16 heavy (non-hydrogen) atoms. The van der Waals surface area contributed by atoms with Crippen molar-refractivity contribution in [2.75, 3.05) is 4.72 Å². The molecule has 0 saturated heterocycles. The zero-order chi connectivity index (χ0) is 12.6. The molecule has 0 saturated carbocycles. The summed E-state index contributed by atoms with van der Waals surface area (Å²) in [5, 5.41) is 9.36. The lowest BCUT2D eigenvalue weighted by Gasteiger charge is -2.05. The Morgan fingerprint density at radius 2 is 1.69 bits per heavy atom. The van der Waals surface area contributed by atoms with Gasteiger partial charge in [0.1, 0.15) is 5.82 Å². The van der Waals surface area contributed by atoms with Gasteiger partial charge < -0.3 is 0 Å². The Morgan fingerprint density at radius 1 is 1.12 bits per heavy atom. The van der Waals surface area contributed by atoms with Gasteiger partial charge in [-0.3, -0.25) is 4.72 Å². The smallest absolute Gasteiger partial charge is 0.268 e. The van der Waals surface area contributed by atoms with Crippen LogP contribution in [-0.2, 0) is 20.2 Å². The molecular formula is C6H8FN3O4S2. The Balaban J connectivity index is 3.21. The van der Waals surface area contributed by atoms with Crippen LogP contribution in [0.15, 0.2) is 23.1 Å². The van der Waals surface area contributed by atoms with E-state index >= 15 is 0 Å². The van der Waals surface area contributed by atoms with Crippen molar-refractivity contribution in [1.29, 1.82) is 0 Å². The number of benzene rings is 1. The third-order valence-electron chi connectivity index (χ3n) is 1.52. The average molecular weight is 269 g/mol. The normalized spacial score (nSPS) is 12.4. The van der Waals surface area contributed by atoms with Crippen LogP contribution in [0.3, 0.4) is 0 Å². The fraction of sp³-hybridized carbons (Fsp3) is 0. The first-order valence-electron chi connectivity index (χ1n) is 3.72. The molecule has 1 aromatic rings. The van der Waals surface area contributed by atoms with Gasteiger partial charge in [-0.25, -0.2) is 23.1 Å². The zero-order valence-corrected chi connectivity index (χ0v) is 9.35. The van der Waals surface area contributed by atoms with E-state index in [1.807, 2.05) is 0 Å². The molecule has 1 rings (SSSR count). The molecule has 0 heterocycles. The van der Waals surface area contributed by atoms with Gasteiger partial charge in [-0.2, -0.15) is 8.42 Å². The highest BCUT2D eigenvalue weighted by atomic mass is 32.2. The molecule has 0 aliphatic rings. The van der Waals surface area contributed by atoms with Gasteiger partial charge in [-0.15, -0.1) is 0 Å². The van der Waals surface area contributed by atoms with Crippen molar-refractivity contribution in [3.8, 4) is 0 Å². The summed E-state index contributed by atoms with van der Waals surface area (Å²) in [6.45, 7) is 0. The van der Waals surface area contributed by atoms with E-state index in [-0.39, 0.29) is 0 Å². The number of hydrogen-bond donors (Lipinski definition) is 3. The number of anilines is 1. The summed E-state index contributed by atoms with van der Waals surface area (Å²) >= 11 is 0. The number of sulfonamides is 1. The van der Waals surface area contributed by atoms with Crippen LogP contribution in [0, 0.1) is 5.82 Å². The summed E-state index contributed by atoms with van der Waals surface area (Å²) in [6.07, 6.45) is 0. The van der Waals surface area contributed by atoms with E-state index < -0.39 is 36.6 Å². The van der Waals surface area contributed by atoms with Crippen molar-refractivity contribution in [1.82, 2.24) is 0 Å². The average Bonchev–Trinajstić information content (AvgIpc) is 2.04. The Morgan fingerprint density at radius 3 is 2.06 bits per heavy atom. The summed E-state index contributed by atoms with van der Waals surface area (Å²) in [5.41, 5.74) is -0.463. The predicted molar refractivity (Wildman–Crippen MR) is 54.5 cm³/mol. The third kappa shape index (κ3) is 3.41. The van der Waals surface area contributed by atoms with Crippen molar-refractivity contribution < 1.29 is 21.2 Å². The molecule has 0 fully saturated rings. The summed E-state index contributed by atoms with van der Waals surface area (Å²) in [6, 6.07) is 2.44. The minimum Gasteiger partial charge on any atom is -0.268 e. The van der Waals surface area contributed by atoms with Crippen LogP contribution in [0.2, 0.25) is 0 Å². The van der Waals surface area contributed by atoms with Gasteiger partial charge in [0.25, 0.3) is 10.2 Å². The standard InChI is InChI=1S/C6H8FN3O4S2/c7-5-3-4(15(8,11)12)1-2-6(5)10-16(9,13)14/h1-3,10H,(H2,8,11,12)(H2,9,13,14). The maximum absolute atomic E-state index is 13.2. The maximum Gasteiger partial charge on any atom is 0.296 e. The second kappa shape index (κ2) is 3.97. The molecule has 1 aromatic carbocycles. The van der Waals surface area contributed by atoms with E-state index in [1.54, 1.807) is 4.72 Å². The number of rotatable bonds is 3.